The van der Waals surface area contributed by atoms with Crippen LogP contribution in [-0.4, -0.2) is 32.8 Å². The molecule has 0 atom stereocenters. The van der Waals surface area contributed by atoms with Crippen LogP contribution in [0.1, 0.15) is 27.5 Å². The highest BCUT2D eigenvalue weighted by Crippen LogP contribution is 2.19. The van der Waals surface area contributed by atoms with Crippen molar-refractivity contribution in [3.05, 3.63) is 87.7 Å². The predicted molar refractivity (Wildman–Crippen MR) is 109 cm³/mol. The van der Waals surface area contributed by atoms with E-state index in [1.165, 1.54) is 4.68 Å². The minimum Gasteiger partial charge on any atom is -0.361 e. The maximum Gasteiger partial charge on any atom is 0.279 e. The van der Waals surface area contributed by atoms with Crippen LogP contribution in [0.4, 0.5) is 0 Å². The van der Waals surface area contributed by atoms with Crippen molar-refractivity contribution in [2.75, 3.05) is 7.05 Å². The first-order chi connectivity index (χ1) is 14.0. The van der Waals surface area contributed by atoms with E-state index in [0.29, 0.717) is 28.8 Å². The van der Waals surface area contributed by atoms with Gasteiger partial charge in [0, 0.05) is 18.0 Å². The Hall–Kier alpha value is -3.74. The molecule has 0 N–H and O–H groups in total. The van der Waals surface area contributed by atoms with E-state index in [1.54, 1.807) is 48.3 Å². The van der Waals surface area contributed by atoms with Gasteiger partial charge in [0.2, 0.25) is 0 Å². The fraction of sp³-hybridized carbons (Fsp3) is 0.182. The first-order valence-electron chi connectivity index (χ1n) is 9.22. The Bertz CT molecular complexity index is 1240. The average molecular weight is 388 g/mol. The number of amides is 1. The summed E-state index contributed by atoms with van der Waals surface area (Å²) in [7, 11) is 1.70. The molecule has 7 nitrogen and oxygen atoms in total. The maximum atomic E-state index is 13.3. The van der Waals surface area contributed by atoms with Gasteiger partial charge in [-0.3, -0.25) is 9.59 Å². The highest BCUT2D eigenvalue weighted by Gasteiger charge is 2.22. The van der Waals surface area contributed by atoms with Gasteiger partial charge < -0.3 is 9.42 Å². The predicted octanol–water partition coefficient (Wildman–Crippen LogP) is 3.26. The minimum absolute atomic E-state index is 0.221. The zero-order chi connectivity index (χ0) is 20.5. The van der Waals surface area contributed by atoms with Crippen molar-refractivity contribution < 1.29 is 9.32 Å². The molecule has 1 amide bonds. The maximum absolute atomic E-state index is 13.3. The van der Waals surface area contributed by atoms with Crippen molar-refractivity contribution in [2.24, 2.45) is 0 Å². The summed E-state index contributed by atoms with van der Waals surface area (Å²) < 4.78 is 6.47. The van der Waals surface area contributed by atoms with E-state index in [0.717, 1.165) is 11.3 Å². The first-order valence-corrected chi connectivity index (χ1v) is 9.22. The lowest BCUT2D eigenvalue weighted by molar-refractivity contribution is 0.0779. The molecule has 0 saturated heterocycles. The van der Waals surface area contributed by atoms with Gasteiger partial charge >= 0.3 is 0 Å². The van der Waals surface area contributed by atoms with Crippen molar-refractivity contribution in [2.45, 2.75) is 20.4 Å². The van der Waals surface area contributed by atoms with Gasteiger partial charge in [0.1, 0.15) is 5.76 Å². The number of aromatic nitrogens is 3. The molecule has 0 radical (unpaired) electrons. The molecule has 0 aliphatic rings. The van der Waals surface area contributed by atoms with Crippen LogP contribution in [0.25, 0.3) is 16.5 Å². The summed E-state index contributed by atoms with van der Waals surface area (Å²) >= 11 is 0. The molecular formula is C22H20N4O3. The Morgan fingerprint density at radius 1 is 1.03 bits per heavy atom. The van der Waals surface area contributed by atoms with E-state index in [4.69, 9.17) is 4.52 Å². The number of carbonyl (C=O) groups is 1. The van der Waals surface area contributed by atoms with E-state index in [-0.39, 0.29) is 17.2 Å². The summed E-state index contributed by atoms with van der Waals surface area (Å²) in [6, 6.07) is 16.1. The van der Waals surface area contributed by atoms with Crippen LogP contribution in [0.15, 0.2) is 63.9 Å². The third kappa shape index (κ3) is 3.31. The van der Waals surface area contributed by atoms with Gasteiger partial charge in [-0.25, -0.2) is 0 Å². The second kappa shape index (κ2) is 7.35. The number of carbonyl (C=O) groups excluding carboxylic acids is 1. The van der Waals surface area contributed by atoms with Gasteiger partial charge in [0.25, 0.3) is 11.5 Å². The largest absolute Gasteiger partial charge is 0.361 e. The lowest BCUT2D eigenvalue weighted by Crippen LogP contribution is -2.31. The normalized spacial score (nSPS) is 11.0. The number of benzene rings is 2. The van der Waals surface area contributed by atoms with Gasteiger partial charge in [0.05, 0.1) is 23.3 Å². The van der Waals surface area contributed by atoms with Crippen LogP contribution < -0.4 is 5.56 Å². The molecule has 29 heavy (non-hydrogen) atoms. The number of hydrogen-bond acceptors (Lipinski definition) is 5. The molecule has 0 spiro atoms. The molecule has 0 aliphatic heterocycles. The molecule has 0 saturated carbocycles. The Morgan fingerprint density at radius 2 is 1.69 bits per heavy atom. The fourth-order valence-corrected chi connectivity index (χ4v) is 3.31. The van der Waals surface area contributed by atoms with E-state index in [2.05, 4.69) is 10.3 Å². The van der Waals surface area contributed by atoms with E-state index >= 15 is 0 Å². The summed E-state index contributed by atoms with van der Waals surface area (Å²) in [6.07, 6.45) is 0. The second-order valence-corrected chi connectivity index (χ2v) is 6.91. The highest BCUT2D eigenvalue weighted by atomic mass is 16.5. The number of aryl methyl sites for hydroxylation is 2. The molecule has 2 aromatic carbocycles. The molecule has 0 bridgehead atoms. The number of fused-ring (bicyclic) bond motifs is 1. The smallest absolute Gasteiger partial charge is 0.279 e. The van der Waals surface area contributed by atoms with Crippen molar-refractivity contribution in [3.63, 3.8) is 0 Å². The van der Waals surface area contributed by atoms with Gasteiger partial charge in [-0.1, -0.05) is 41.6 Å². The van der Waals surface area contributed by atoms with Crippen molar-refractivity contribution in [1.29, 1.82) is 0 Å². The standard InChI is InChI=1S/C22H20N4O3/c1-14-19(15(2)29-24-14)13-25(3)22(28)20-17-11-7-8-12-18(17)21(27)26(23-20)16-9-5-4-6-10-16/h4-12H,13H2,1-3H3. The van der Waals surface area contributed by atoms with Crippen molar-refractivity contribution in [3.8, 4) is 5.69 Å². The molecule has 4 aromatic rings. The van der Waals surface area contributed by atoms with E-state index in [9.17, 15) is 9.59 Å². The van der Waals surface area contributed by atoms with Crippen LogP contribution in [0.3, 0.4) is 0 Å². The summed E-state index contributed by atoms with van der Waals surface area (Å²) in [5, 5.41) is 9.36. The van der Waals surface area contributed by atoms with Gasteiger partial charge in [-0.2, -0.15) is 9.78 Å². The Balaban J connectivity index is 1.83. The van der Waals surface area contributed by atoms with Gasteiger partial charge in [-0.15, -0.1) is 0 Å². The number of para-hydroxylation sites is 1. The third-order valence-electron chi connectivity index (χ3n) is 4.93. The van der Waals surface area contributed by atoms with Gasteiger partial charge in [-0.05, 0) is 32.0 Å². The topological polar surface area (TPSA) is 81.2 Å². The van der Waals surface area contributed by atoms with Crippen molar-refractivity contribution >= 4 is 16.7 Å². The van der Waals surface area contributed by atoms with Crippen LogP contribution >= 0.6 is 0 Å². The molecule has 146 valence electrons. The second-order valence-electron chi connectivity index (χ2n) is 6.91. The Morgan fingerprint density at radius 3 is 2.34 bits per heavy atom. The molecule has 0 unspecified atom stereocenters. The average Bonchev–Trinajstić information content (AvgIpc) is 3.06. The van der Waals surface area contributed by atoms with Crippen LogP contribution in [0, 0.1) is 13.8 Å². The fourth-order valence-electron chi connectivity index (χ4n) is 3.31. The monoisotopic (exact) mass is 388 g/mol. The zero-order valence-electron chi connectivity index (χ0n) is 16.4. The van der Waals surface area contributed by atoms with Crippen LogP contribution in [-0.2, 0) is 6.54 Å². The molecular weight excluding hydrogens is 368 g/mol. The summed E-state index contributed by atoms with van der Waals surface area (Å²) in [5.41, 5.74) is 2.16. The minimum atomic E-state index is -0.286. The number of hydrogen-bond donors (Lipinski definition) is 0. The number of nitrogens with zero attached hydrogens (tertiary/aromatic N) is 4. The van der Waals surface area contributed by atoms with Gasteiger partial charge in [0.15, 0.2) is 5.69 Å². The number of rotatable bonds is 4. The SMILES string of the molecule is Cc1noc(C)c1CN(C)C(=O)c1nn(-c2ccccc2)c(=O)c2ccccc12. The summed E-state index contributed by atoms with van der Waals surface area (Å²) in [4.78, 5) is 27.8. The quantitative estimate of drug-likeness (QED) is 0.536. The van der Waals surface area contributed by atoms with Crippen molar-refractivity contribution in [1.82, 2.24) is 19.8 Å². The Kier molecular flexibility index (Phi) is 4.72. The third-order valence-corrected chi connectivity index (χ3v) is 4.93. The molecule has 4 rings (SSSR count). The molecule has 2 aromatic heterocycles. The molecule has 7 heteroatoms. The Labute approximate surface area is 167 Å². The lowest BCUT2D eigenvalue weighted by Gasteiger charge is -2.18. The first kappa shape index (κ1) is 18.6. The van der Waals surface area contributed by atoms with E-state index in [1.807, 2.05) is 32.0 Å². The van der Waals surface area contributed by atoms with Crippen LogP contribution in [0.2, 0.25) is 0 Å². The summed E-state index contributed by atoms with van der Waals surface area (Å²) in [6.45, 7) is 3.99. The highest BCUT2D eigenvalue weighted by molar-refractivity contribution is 6.04. The van der Waals surface area contributed by atoms with E-state index < -0.39 is 0 Å². The molecule has 0 aliphatic carbocycles. The lowest BCUT2D eigenvalue weighted by atomic mass is 10.1. The summed E-state index contributed by atoms with van der Waals surface area (Å²) in [5.74, 6) is 0.389. The zero-order valence-corrected chi connectivity index (χ0v) is 16.4. The van der Waals surface area contributed by atoms with Crippen LogP contribution in [0.5, 0.6) is 0 Å². The molecule has 2 heterocycles. The molecule has 0 fully saturated rings.